The Morgan fingerprint density at radius 3 is 2.49 bits per heavy atom. The summed E-state index contributed by atoms with van der Waals surface area (Å²) in [5.41, 5.74) is 1.88. The molecule has 0 saturated heterocycles. The maximum absolute atomic E-state index is 14.4. The zero-order chi connectivity index (χ0) is 25.5. The van der Waals surface area contributed by atoms with E-state index in [2.05, 4.69) is 24.5 Å². The molecule has 0 aliphatic carbocycles. The molecular weight excluding hydrogens is 454 g/mol. The van der Waals surface area contributed by atoms with Gasteiger partial charge >= 0.3 is 5.97 Å². The number of aryl methyl sites for hydroxylation is 1. The van der Waals surface area contributed by atoms with Gasteiger partial charge < -0.3 is 20.2 Å². The van der Waals surface area contributed by atoms with Gasteiger partial charge in [-0.2, -0.15) is 0 Å². The van der Waals surface area contributed by atoms with Gasteiger partial charge in [0, 0.05) is 34.8 Å². The number of carboxylic acid groups (broad SMARTS) is 1. The highest BCUT2D eigenvalue weighted by Gasteiger charge is 2.27. The average molecular weight is 487 g/mol. The number of carbonyl (C=O) groups excluding carboxylic acids is 1. The zero-order valence-corrected chi connectivity index (χ0v) is 20.3. The van der Waals surface area contributed by atoms with E-state index in [4.69, 9.17) is 9.52 Å². The predicted molar refractivity (Wildman–Crippen MR) is 132 cm³/mol. The summed E-state index contributed by atoms with van der Waals surface area (Å²) in [4.78, 5) is 22.9. The summed E-state index contributed by atoms with van der Waals surface area (Å²) in [6, 6.07) is 8.64. The number of rotatable bonds is 12. The molecule has 188 valence electrons. The minimum Gasteiger partial charge on any atom is -0.481 e. The van der Waals surface area contributed by atoms with Gasteiger partial charge in [-0.05, 0) is 49.6 Å². The van der Waals surface area contributed by atoms with E-state index in [0.29, 0.717) is 22.3 Å². The first kappa shape index (κ1) is 26.2. The van der Waals surface area contributed by atoms with Crippen LogP contribution in [0.5, 0.6) is 0 Å². The molecule has 0 aliphatic heterocycles. The van der Waals surface area contributed by atoms with Crippen molar-refractivity contribution in [1.29, 1.82) is 0 Å². The van der Waals surface area contributed by atoms with Gasteiger partial charge in [-0.1, -0.05) is 33.1 Å². The first-order valence-corrected chi connectivity index (χ1v) is 12.0. The normalized spacial score (nSPS) is 12.9. The van der Waals surface area contributed by atoms with E-state index in [0.717, 1.165) is 37.4 Å². The van der Waals surface area contributed by atoms with Crippen LogP contribution in [0.1, 0.15) is 73.7 Å². The van der Waals surface area contributed by atoms with Gasteiger partial charge in [-0.15, -0.1) is 0 Å². The first-order valence-electron chi connectivity index (χ1n) is 12.0. The molecule has 35 heavy (non-hydrogen) atoms. The Hall–Kier alpha value is -3.42. The number of halogens is 2. The zero-order valence-electron chi connectivity index (χ0n) is 20.3. The number of amides is 1. The van der Waals surface area contributed by atoms with Crippen LogP contribution in [-0.2, 0) is 4.79 Å². The third kappa shape index (κ3) is 6.59. The topological polar surface area (TPSA) is 91.6 Å². The average Bonchev–Trinajstić information content (AvgIpc) is 3.14. The quantitative estimate of drug-likeness (QED) is 0.251. The fraction of sp³-hybridized carbons (Fsp3) is 0.407. The molecule has 0 fully saturated rings. The number of unbranched alkanes of at least 4 members (excludes halogenated alkanes) is 2. The molecule has 0 aliphatic rings. The molecule has 3 aromatic rings. The fourth-order valence-electron chi connectivity index (χ4n) is 4.19. The molecule has 3 N–H and O–H groups in total. The van der Waals surface area contributed by atoms with Crippen molar-refractivity contribution in [3.05, 3.63) is 64.9 Å². The SMILES string of the molecule is CCCCCC(C)C(Nc1ccc(C(=O)NCCC(=O)O)cc1)c1oc2c(F)cc(F)cc2c1C. The molecular formula is C27H32F2N2O4. The number of hydrogen-bond acceptors (Lipinski definition) is 4. The van der Waals surface area contributed by atoms with Crippen molar-refractivity contribution < 1.29 is 27.9 Å². The molecule has 3 rings (SSSR count). The van der Waals surface area contributed by atoms with Crippen LogP contribution in [0, 0.1) is 24.5 Å². The minimum absolute atomic E-state index is 0.0415. The third-order valence-corrected chi connectivity index (χ3v) is 6.20. The van der Waals surface area contributed by atoms with Crippen LogP contribution in [0.3, 0.4) is 0 Å². The summed E-state index contributed by atoms with van der Waals surface area (Å²) in [6.45, 7) is 6.09. The van der Waals surface area contributed by atoms with Crippen LogP contribution in [0.15, 0.2) is 40.8 Å². The molecule has 1 heterocycles. The molecule has 0 bridgehead atoms. The highest BCUT2D eigenvalue weighted by Crippen LogP contribution is 2.38. The van der Waals surface area contributed by atoms with Crippen LogP contribution < -0.4 is 10.6 Å². The lowest BCUT2D eigenvalue weighted by Gasteiger charge is -2.25. The maximum Gasteiger partial charge on any atom is 0.305 e. The second kappa shape index (κ2) is 11.8. The van der Waals surface area contributed by atoms with Crippen molar-refractivity contribution in [2.45, 2.75) is 58.9 Å². The van der Waals surface area contributed by atoms with E-state index in [-0.39, 0.29) is 36.4 Å². The second-order valence-corrected chi connectivity index (χ2v) is 8.93. The van der Waals surface area contributed by atoms with Crippen LogP contribution in [0.4, 0.5) is 14.5 Å². The number of carboxylic acids is 1. The summed E-state index contributed by atoms with van der Waals surface area (Å²) < 4.78 is 34.2. The molecule has 8 heteroatoms. The number of nitrogens with one attached hydrogen (secondary N) is 2. The number of fused-ring (bicyclic) bond motifs is 1. The first-order chi connectivity index (χ1) is 16.7. The van der Waals surface area contributed by atoms with Crippen molar-refractivity contribution in [1.82, 2.24) is 5.32 Å². The number of anilines is 1. The second-order valence-electron chi connectivity index (χ2n) is 8.93. The standard InChI is InChI=1S/C27H32F2N2O4/c1-4-5-6-7-16(2)24(25-17(3)21-14-19(28)15-22(29)26(21)35-25)31-20-10-8-18(9-11-20)27(34)30-13-12-23(32)33/h8-11,14-16,24,31H,4-7,12-13H2,1-3H3,(H,30,34)(H,32,33). The summed E-state index contributed by atoms with van der Waals surface area (Å²) in [7, 11) is 0. The van der Waals surface area contributed by atoms with Gasteiger partial charge in [-0.25, -0.2) is 8.78 Å². The van der Waals surface area contributed by atoms with Gasteiger partial charge in [0.05, 0.1) is 12.5 Å². The Balaban J connectivity index is 1.85. The third-order valence-electron chi connectivity index (χ3n) is 6.20. The van der Waals surface area contributed by atoms with Crippen LogP contribution >= 0.6 is 0 Å². The highest BCUT2D eigenvalue weighted by molar-refractivity contribution is 5.94. The molecule has 6 nitrogen and oxygen atoms in total. The summed E-state index contributed by atoms with van der Waals surface area (Å²) in [5.74, 6) is -2.02. The van der Waals surface area contributed by atoms with Crippen molar-refractivity contribution in [2.75, 3.05) is 11.9 Å². The minimum atomic E-state index is -0.979. The van der Waals surface area contributed by atoms with Gasteiger partial charge in [0.2, 0.25) is 0 Å². The lowest BCUT2D eigenvalue weighted by molar-refractivity contribution is -0.136. The lowest BCUT2D eigenvalue weighted by atomic mass is 9.91. The van der Waals surface area contributed by atoms with E-state index >= 15 is 0 Å². The molecule has 0 saturated carbocycles. The van der Waals surface area contributed by atoms with Crippen molar-refractivity contribution in [3.8, 4) is 0 Å². The number of carbonyl (C=O) groups is 2. The molecule has 2 atom stereocenters. The fourth-order valence-corrected chi connectivity index (χ4v) is 4.19. The van der Waals surface area contributed by atoms with Crippen LogP contribution in [-0.4, -0.2) is 23.5 Å². The molecule has 0 spiro atoms. The van der Waals surface area contributed by atoms with E-state index in [9.17, 15) is 18.4 Å². The van der Waals surface area contributed by atoms with Gasteiger partial charge in [0.25, 0.3) is 5.91 Å². The van der Waals surface area contributed by atoms with Crippen LogP contribution in [0.2, 0.25) is 0 Å². The molecule has 1 amide bonds. The maximum atomic E-state index is 14.4. The van der Waals surface area contributed by atoms with Crippen molar-refractivity contribution in [3.63, 3.8) is 0 Å². The largest absolute Gasteiger partial charge is 0.481 e. The Morgan fingerprint density at radius 2 is 1.83 bits per heavy atom. The molecule has 2 aromatic carbocycles. The lowest BCUT2D eigenvalue weighted by Crippen LogP contribution is -2.26. The number of hydrogen-bond donors (Lipinski definition) is 3. The Labute approximate surface area is 203 Å². The Kier molecular flexibility index (Phi) is 8.84. The Morgan fingerprint density at radius 1 is 1.11 bits per heavy atom. The monoisotopic (exact) mass is 486 g/mol. The van der Waals surface area contributed by atoms with Gasteiger partial charge in [-0.3, -0.25) is 9.59 Å². The summed E-state index contributed by atoms with van der Waals surface area (Å²) >= 11 is 0. The molecule has 1 aromatic heterocycles. The Bertz CT molecular complexity index is 1170. The summed E-state index contributed by atoms with van der Waals surface area (Å²) in [6.07, 6.45) is 4.00. The van der Waals surface area contributed by atoms with Crippen LogP contribution in [0.25, 0.3) is 11.0 Å². The van der Waals surface area contributed by atoms with Gasteiger partial charge in [0.1, 0.15) is 11.6 Å². The number of aliphatic carboxylic acids is 1. The highest BCUT2D eigenvalue weighted by atomic mass is 19.1. The van der Waals surface area contributed by atoms with E-state index in [1.54, 1.807) is 31.2 Å². The van der Waals surface area contributed by atoms with E-state index in [1.807, 2.05) is 0 Å². The van der Waals surface area contributed by atoms with E-state index < -0.39 is 17.6 Å². The summed E-state index contributed by atoms with van der Waals surface area (Å²) in [5, 5.41) is 15.2. The molecule has 0 radical (unpaired) electrons. The number of benzene rings is 2. The van der Waals surface area contributed by atoms with E-state index in [1.165, 1.54) is 6.07 Å². The predicted octanol–water partition coefficient (Wildman–Crippen LogP) is 6.59. The smallest absolute Gasteiger partial charge is 0.305 e. The number of furan rings is 1. The van der Waals surface area contributed by atoms with Gasteiger partial charge in [0.15, 0.2) is 11.4 Å². The molecule has 2 unspecified atom stereocenters. The van der Waals surface area contributed by atoms with Crippen molar-refractivity contribution >= 4 is 28.5 Å². The van der Waals surface area contributed by atoms with Crippen molar-refractivity contribution in [2.24, 2.45) is 5.92 Å².